The lowest BCUT2D eigenvalue weighted by molar-refractivity contribution is -0.145. The Morgan fingerprint density at radius 2 is 1.93 bits per heavy atom. The third-order valence-corrected chi connectivity index (χ3v) is 5.43. The monoisotopic (exact) mass is 467 g/mol. The predicted molar refractivity (Wildman–Crippen MR) is 105 cm³/mol. The molecule has 2 atom stereocenters. The molecule has 3 rings (SSSR count). The van der Waals surface area contributed by atoms with Crippen molar-refractivity contribution in [2.45, 2.75) is 38.7 Å². The number of likely N-dealkylation sites (tertiary alicyclic amines) is 1. The zero-order chi connectivity index (χ0) is 21.5. The molecule has 2 unspecified atom stereocenters. The lowest BCUT2D eigenvalue weighted by atomic mass is 9.83. The smallest absolute Gasteiger partial charge is 0.410 e. The molecule has 2 aliphatic heterocycles. The van der Waals surface area contributed by atoms with Gasteiger partial charge in [0.05, 0.1) is 17.1 Å². The fourth-order valence-corrected chi connectivity index (χ4v) is 3.97. The van der Waals surface area contributed by atoms with Crippen LogP contribution in [0.3, 0.4) is 0 Å². The van der Waals surface area contributed by atoms with Crippen molar-refractivity contribution in [3.05, 3.63) is 27.7 Å². The van der Waals surface area contributed by atoms with Gasteiger partial charge in [-0.1, -0.05) is 0 Å². The number of nitrogens with zero attached hydrogens (tertiary/aromatic N) is 1. The van der Waals surface area contributed by atoms with E-state index < -0.39 is 35.5 Å². The van der Waals surface area contributed by atoms with Crippen molar-refractivity contribution in [2.24, 2.45) is 5.92 Å². The molecular formula is C20H22BrNO7. The van der Waals surface area contributed by atoms with Crippen molar-refractivity contribution in [3.8, 4) is 5.75 Å². The molecular weight excluding hydrogens is 446 g/mol. The zero-order valence-electron chi connectivity index (χ0n) is 16.6. The van der Waals surface area contributed by atoms with Crippen LogP contribution in [0.4, 0.5) is 4.79 Å². The van der Waals surface area contributed by atoms with Gasteiger partial charge in [0.2, 0.25) is 0 Å². The molecule has 29 heavy (non-hydrogen) atoms. The summed E-state index contributed by atoms with van der Waals surface area (Å²) < 4.78 is 15.9. The molecule has 0 radical (unpaired) electrons. The highest BCUT2D eigenvalue weighted by Crippen LogP contribution is 2.38. The summed E-state index contributed by atoms with van der Waals surface area (Å²) in [7, 11) is 1.45. The Kier molecular flexibility index (Phi) is 5.71. The summed E-state index contributed by atoms with van der Waals surface area (Å²) in [5, 5.41) is 0. The minimum atomic E-state index is -1.24. The van der Waals surface area contributed by atoms with Crippen LogP contribution in [0, 0.1) is 5.92 Å². The van der Waals surface area contributed by atoms with Crippen LogP contribution in [0.2, 0.25) is 0 Å². The van der Waals surface area contributed by atoms with Gasteiger partial charge < -0.3 is 19.1 Å². The molecule has 0 aromatic heterocycles. The summed E-state index contributed by atoms with van der Waals surface area (Å²) in [6.07, 6.45) is -0.0982. The van der Waals surface area contributed by atoms with Crippen LogP contribution in [0.5, 0.6) is 5.75 Å². The zero-order valence-corrected chi connectivity index (χ0v) is 18.2. The van der Waals surface area contributed by atoms with Gasteiger partial charge in [-0.3, -0.25) is 9.59 Å². The van der Waals surface area contributed by atoms with E-state index in [9.17, 15) is 19.2 Å². The Bertz CT molecular complexity index is 890. The van der Waals surface area contributed by atoms with Crippen LogP contribution < -0.4 is 4.74 Å². The number of ketones is 1. The number of methoxy groups -OCH3 is 1. The molecule has 0 aliphatic carbocycles. The van der Waals surface area contributed by atoms with Crippen molar-refractivity contribution < 1.29 is 33.4 Å². The minimum absolute atomic E-state index is 0.137. The first kappa shape index (κ1) is 21.3. The molecule has 1 fully saturated rings. The molecule has 1 aromatic rings. The highest BCUT2D eigenvalue weighted by Gasteiger charge is 2.45. The number of cyclic esters (lactones) is 2. The van der Waals surface area contributed by atoms with E-state index in [1.807, 2.05) is 0 Å². The Morgan fingerprint density at radius 3 is 2.55 bits per heavy atom. The number of halogens is 1. The molecule has 2 aliphatic rings. The minimum Gasteiger partial charge on any atom is -0.496 e. The lowest BCUT2D eigenvalue weighted by Gasteiger charge is -2.26. The maximum Gasteiger partial charge on any atom is 0.410 e. The van der Waals surface area contributed by atoms with Gasteiger partial charge in [0.1, 0.15) is 17.3 Å². The van der Waals surface area contributed by atoms with E-state index in [0.29, 0.717) is 23.2 Å². The van der Waals surface area contributed by atoms with Gasteiger partial charge in [0.15, 0.2) is 5.78 Å². The fraction of sp³-hybridized carbons (Fsp3) is 0.500. The van der Waals surface area contributed by atoms with Crippen molar-refractivity contribution in [1.82, 2.24) is 4.90 Å². The summed E-state index contributed by atoms with van der Waals surface area (Å²) in [4.78, 5) is 51.5. The van der Waals surface area contributed by atoms with Crippen molar-refractivity contribution >= 4 is 39.7 Å². The van der Waals surface area contributed by atoms with Gasteiger partial charge in [-0.2, -0.15) is 0 Å². The number of ether oxygens (including phenoxy) is 3. The molecule has 1 saturated heterocycles. The van der Waals surface area contributed by atoms with Crippen LogP contribution in [-0.4, -0.2) is 54.5 Å². The van der Waals surface area contributed by atoms with E-state index in [1.165, 1.54) is 24.1 Å². The number of hydrogen-bond acceptors (Lipinski definition) is 7. The highest BCUT2D eigenvalue weighted by molar-refractivity contribution is 9.10. The summed E-state index contributed by atoms with van der Waals surface area (Å²) in [5.41, 5.74) is -0.250. The van der Waals surface area contributed by atoms with Crippen molar-refractivity contribution in [3.63, 3.8) is 0 Å². The Labute approximate surface area is 176 Å². The summed E-state index contributed by atoms with van der Waals surface area (Å²) in [5.74, 6) is -3.51. The van der Waals surface area contributed by atoms with E-state index >= 15 is 0 Å². The number of hydrogen-bond donors (Lipinski definition) is 0. The maximum absolute atomic E-state index is 13.2. The number of amides is 1. The molecule has 0 spiro atoms. The van der Waals surface area contributed by atoms with Gasteiger partial charge in [0.25, 0.3) is 0 Å². The topological polar surface area (TPSA) is 99.2 Å². The van der Waals surface area contributed by atoms with Crippen molar-refractivity contribution in [2.75, 3.05) is 20.2 Å². The van der Waals surface area contributed by atoms with Gasteiger partial charge >= 0.3 is 18.0 Å². The van der Waals surface area contributed by atoms with Gasteiger partial charge in [-0.15, -0.1) is 0 Å². The normalized spacial score (nSPS) is 21.5. The predicted octanol–water partition coefficient (Wildman–Crippen LogP) is 3.06. The Morgan fingerprint density at radius 1 is 1.24 bits per heavy atom. The van der Waals surface area contributed by atoms with Crippen LogP contribution in [-0.2, 0) is 19.1 Å². The first-order chi connectivity index (χ1) is 13.5. The quantitative estimate of drug-likeness (QED) is 0.497. The van der Waals surface area contributed by atoms with Crippen LogP contribution in [0.1, 0.15) is 49.0 Å². The Hall–Kier alpha value is -2.42. The van der Waals surface area contributed by atoms with Crippen molar-refractivity contribution in [1.29, 1.82) is 0 Å². The second-order valence-electron chi connectivity index (χ2n) is 8.03. The maximum atomic E-state index is 13.2. The van der Waals surface area contributed by atoms with E-state index in [2.05, 4.69) is 15.9 Å². The standard InChI is InChI=1S/C20H22BrNO7/c1-20(2,3)29-19(26)22-6-5-10(9-22)16(23)15-11-8-14(27-4)13(21)7-12(11)17(24)28-18(15)25/h7-8,10,15H,5-6,9H2,1-4H3. The summed E-state index contributed by atoms with van der Waals surface area (Å²) in [6, 6.07) is 2.98. The molecule has 0 saturated carbocycles. The van der Waals surface area contributed by atoms with E-state index in [1.54, 1.807) is 20.8 Å². The average Bonchev–Trinajstić information content (AvgIpc) is 3.10. The number of Topliss-reactive ketones (excluding diaryl/α,β-unsaturated/α-hetero) is 1. The third-order valence-electron chi connectivity index (χ3n) is 4.81. The molecule has 156 valence electrons. The first-order valence-corrected chi connectivity index (χ1v) is 9.96. The third kappa shape index (κ3) is 4.29. The number of benzene rings is 1. The van der Waals surface area contributed by atoms with Crippen LogP contribution in [0.25, 0.3) is 0 Å². The molecule has 9 heteroatoms. The lowest BCUT2D eigenvalue weighted by Crippen LogP contribution is -2.38. The van der Waals surface area contributed by atoms with E-state index in [4.69, 9.17) is 14.2 Å². The number of carbonyl (C=O) groups is 4. The van der Waals surface area contributed by atoms with Gasteiger partial charge in [-0.25, -0.2) is 9.59 Å². The van der Waals surface area contributed by atoms with Crippen LogP contribution in [0.15, 0.2) is 16.6 Å². The first-order valence-electron chi connectivity index (χ1n) is 9.17. The van der Waals surface area contributed by atoms with Gasteiger partial charge in [0, 0.05) is 19.0 Å². The van der Waals surface area contributed by atoms with E-state index in [-0.39, 0.29) is 23.5 Å². The second kappa shape index (κ2) is 7.78. The van der Waals surface area contributed by atoms with E-state index in [0.717, 1.165) is 0 Å². The molecule has 8 nitrogen and oxygen atoms in total. The average molecular weight is 468 g/mol. The Balaban J connectivity index is 1.85. The highest BCUT2D eigenvalue weighted by atomic mass is 79.9. The second-order valence-corrected chi connectivity index (χ2v) is 8.88. The molecule has 0 bridgehead atoms. The number of fused-ring (bicyclic) bond motifs is 1. The molecule has 0 N–H and O–H groups in total. The van der Waals surface area contributed by atoms with Gasteiger partial charge in [-0.05, 0) is 60.8 Å². The van der Waals surface area contributed by atoms with Crippen LogP contribution >= 0.6 is 15.9 Å². The number of esters is 2. The molecule has 1 aromatic carbocycles. The molecule has 2 heterocycles. The fourth-order valence-electron chi connectivity index (χ4n) is 3.46. The number of carbonyl (C=O) groups excluding carboxylic acids is 4. The molecule has 1 amide bonds. The largest absolute Gasteiger partial charge is 0.496 e. The summed E-state index contributed by atoms with van der Waals surface area (Å²) in [6.45, 7) is 5.79. The number of rotatable bonds is 3. The SMILES string of the molecule is COc1cc2c(cc1Br)C(=O)OC(=O)C2C(=O)C1CCN(C(=O)OC(C)(C)C)C1. The summed E-state index contributed by atoms with van der Waals surface area (Å²) >= 11 is 3.29.